The molecule has 4 aliphatic rings. The lowest BCUT2D eigenvalue weighted by Crippen LogP contribution is -2.41. The van der Waals surface area contributed by atoms with E-state index in [0.717, 1.165) is 126 Å². The molecule has 26 nitrogen and oxygen atoms in total. The molecule has 26 heteroatoms. The second-order valence-corrected chi connectivity index (χ2v) is 13.2. The van der Waals surface area contributed by atoms with Gasteiger partial charge in [-0.3, -0.25) is 9.98 Å². The average Bonchev–Trinajstić information content (AvgIpc) is 3.32. The molecule has 2 aromatic carbocycles. The van der Waals surface area contributed by atoms with E-state index in [9.17, 15) is 0 Å². The number of carboxylic acid groups (broad SMARTS) is 6. The molecule has 0 atom stereocenters. The molecule has 366 valence electrons. The Morgan fingerprint density at radius 2 is 0.879 bits per heavy atom. The summed E-state index contributed by atoms with van der Waals surface area (Å²) in [5, 5.41) is 64.2. The van der Waals surface area contributed by atoms with Crippen molar-refractivity contribution in [2.45, 2.75) is 25.7 Å². The van der Waals surface area contributed by atoms with E-state index in [1.165, 1.54) is 0 Å². The number of fused-ring (bicyclic) bond motifs is 2. The first-order valence-electron chi connectivity index (χ1n) is 20.7. The van der Waals surface area contributed by atoms with Gasteiger partial charge in [-0.2, -0.15) is 0 Å². The van der Waals surface area contributed by atoms with Crippen LogP contribution >= 0.6 is 0 Å². The van der Waals surface area contributed by atoms with Crippen molar-refractivity contribution in [1.82, 2.24) is 31.9 Å². The van der Waals surface area contributed by atoms with E-state index >= 15 is 0 Å². The number of nitrogens with one attached hydrogen (secondary N) is 6. The summed E-state index contributed by atoms with van der Waals surface area (Å²) in [6, 6.07) is 11.5. The van der Waals surface area contributed by atoms with Crippen LogP contribution in [0.5, 0.6) is 34.5 Å². The summed E-state index contributed by atoms with van der Waals surface area (Å²) in [5.41, 5.74) is 0. The van der Waals surface area contributed by atoms with Crippen LogP contribution in [0.4, 0.5) is 0 Å². The summed E-state index contributed by atoms with van der Waals surface area (Å²) >= 11 is 0. The van der Waals surface area contributed by atoms with Gasteiger partial charge in [-0.05, 0) is 63.0 Å². The van der Waals surface area contributed by atoms with E-state index < -0.39 is 35.8 Å². The number of ether oxygens (including phenoxy) is 6. The van der Waals surface area contributed by atoms with Gasteiger partial charge >= 0.3 is 35.8 Å². The van der Waals surface area contributed by atoms with Gasteiger partial charge in [-0.15, -0.1) is 0 Å². The second kappa shape index (κ2) is 33.1. The molecule has 0 saturated carbocycles. The van der Waals surface area contributed by atoms with Crippen LogP contribution in [0.25, 0.3) is 0 Å². The lowest BCUT2D eigenvalue weighted by molar-refractivity contribution is -0.159. The van der Waals surface area contributed by atoms with Crippen molar-refractivity contribution in [3.8, 4) is 34.5 Å². The number of guanidine groups is 2. The molecule has 0 saturated heterocycles. The van der Waals surface area contributed by atoms with Crippen LogP contribution in [0.2, 0.25) is 0 Å². The molecular weight excluding hydrogens is 880 g/mol. The van der Waals surface area contributed by atoms with Crippen LogP contribution in [0.15, 0.2) is 46.4 Å². The molecule has 0 aliphatic carbocycles. The van der Waals surface area contributed by atoms with E-state index in [-0.39, 0.29) is 0 Å². The minimum absolute atomic E-state index is 0.568. The van der Waals surface area contributed by atoms with Crippen LogP contribution < -0.4 is 60.3 Å². The van der Waals surface area contributed by atoms with E-state index in [1.807, 2.05) is 36.4 Å². The SMILES string of the molecule is O=C(O)C(=O)O.O=C(O)C(=O)O.O=C(O)C(=O)O.c1cc(OCCNCCCNC2=NCCCN2)c2c(c1)OCCO2.c1cc(OCCNCCCNC2=NCCCN2)c2c(c1)OCCO2. The third-order valence-electron chi connectivity index (χ3n) is 8.12. The largest absolute Gasteiger partial charge is 0.488 e. The van der Waals surface area contributed by atoms with Crippen LogP contribution in [-0.2, 0) is 28.8 Å². The van der Waals surface area contributed by atoms with Crippen molar-refractivity contribution in [3.05, 3.63) is 36.4 Å². The fourth-order valence-electron chi connectivity index (χ4n) is 5.18. The first kappa shape index (κ1) is 54.7. The Morgan fingerprint density at radius 1 is 0.515 bits per heavy atom. The van der Waals surface area contributed by atoms with Crippen molar-refractivity contribution < 1.29 is 87.8 Å². The predicted octanol–water partition coefficient (Wildman–Crippen LogP) is -1.02. The van der Waals surface area contributed by atoms with E-state index in [4.69, 9.17) is 87.8 Å². The number of nitrogens with zero attached hydrogens (tertiary/aromatic N) is 2. The molecule has 0 radical (unpaired) electrons. The summed E-state index contributed by atoms with van der Waals surface area (Å²) in [7, 11) is 0. The van der Waals surface area contributed by atoms with Gasteiger partial charge in [-0.1, -0.05) is 12.1 Å². The van der Waals surface area contributed by atoms with Crippen molar-refractivity contribution in [2.75, 3.05) is 105 Å². The van der Waals surface area contributed by atoms with Crippen LogP contribution in [0, 0.1) is 0 Å². The molecule has 12 N–H and O–H groups in total. The van der Waals surface area contributed by atoms with Crippen LogP contribution in [-0.4, -0.2) is 183 Å². The van der Waals surface area contributed by atoms with Crippen molar-refractivity contribution in [2.24, 2.45) is 9.98 Å². The number of carbonyl (C=O) groups is 6. The Labute approximate surface area is 378 Å². The zero-order chi connectivity index (χ0) is 48.4. The topological polar surface area (TPSA) is 376 Å². The molecule has 6 rings (SSSR count). The maximum atomic E-state index is 9.10. The number of hydrogen-bond donors (Lipinski definition) is 12. The molecule has 66 heavy (non-hydrogen) atoms. The molecule has 4 heterocycles. The van der Waals surface area contributed by atoms with E-state index in [0.29, 0.717) is 51.1 Å². The maximum absolute atomic E-state index is 9.10. The number of rotatable bonds is 16. The van der Waals surface area contributed by atoms with Gasteiger partial charge in [0.05, 0.1) is 0 Å². The third kappa shape index (κ3) is 24.4. The fraction of sp³-hybridized carbons (Fsp3) is 0.500. The normalized spacial score (nSPS) is 13.7. The summed E-state index contributed by atoms with van der Waals surface area (Å²) in [5.74, 6) is -4.63. The predicted molar refractivity (Wildman–Crippen MR) is 232 cm³/mol. The third-order valence-corrected chi connectivity index (χ3v) is 8.12. The zero-order valence-electron chi connectivity index (χ0n) is 36.1. The van der Waals surface area contributed by atoms with Crippen molar-refractivity contribution in [3.63, 3.8) is 0 Å². The van der Waals surface area contributed by atoms with Gasteiger partial charge < -0.3 is 91.0 Å². The van der Waals surface area contributed by atoms with Crippen LogP contribution in [0.1, 0.15) is 25.7 Å². The standard InChI is InChI=1S/2C17H26N4O3.3C2H2O4/c2*1-4-14(16-15(5-1)23-12-13-24-16)22-11-10-18-6-2-7-19-17-20-8-3-9-21-17;3*3-1(4)2(5)6/h2*1,4-5,18H,2-3,6-13H2,(H2,19,20,21);3*(H,3,4)(H,5,6). The Balaban J connectivity index is 0.000000332. The zero-order valence-corrected chi connectivity index (χ0v) is 36.1. The van der Waals surface area contributed by atoms with E-state index in [2.05, 4.69) is 41.9 Å². The highest BCUT2D eigenvalue weighted by molar-refractivity contribution is 6.28. The lowest BCUT2D eigenvalue weighted by atomic mass is 10.3. The Morgan fingerprint density at radius 3 is 1.21 bits per heavy atom. The maximum Gasteiger partial charge on any atom is 0.414 e. The molecule has 0 fully saturated rings. The molecular formula is C40H58N8O18. The summed E-state index contributed by atoms with van der Waals surface area (Å²) in [6.45, 7) is 12.7. The van der Waals surface area contributed by atoms with Gasteiger partial charge in [0, 0.05) is 52.4 Å². The number of hydrogen-bond acceptors (Lipinski definition) is 20. The Hall–Kier alpha value is -7.48. The Kier molecular flexibility index (Phi) is 27.4. The lowest BCUT2D eigenvalue weighted by Gasteiger charge is -2.20. The minimum atomic E-state index is -1.82. The van der Waals surface area contributed by atoms with Crippen molar-refractivity contribution in [1.29, 1.82) is 0 Å². The summed E-state index contributed by atoms with van der Waals surface area (Å²) < 4.78 is 33.9. The fourth-order valence-corrected chi connectivity index (χ4v) is 5.18. The van der Waals surface area contributed by atoms with Gasteiger partial charge in [0.2, 0.25) is 11.5 Å². The highest BCUT2D eigenvalue weighted by Gasteiger charge is 2.18. The van der Waals surface area contributed by atoms with Crippen molar-refractivity contribution >= 4 is 47.7 Å². The van der Waals surface area contributed by atoms with E-state index in [1.54, 1.807) is 0 Å². The Bertz CT molecular complexity index is 1710. The van der Waals surface area contributed by atoms with Crippen LogP contribution in [0.3, 0.4) is 0 Å². The van der Waals surface area contributed by atoms with Gasteiger partial charge in [0.25, 0.3) is 0 Å². The quantitative estimate of drug-likeness (QED) is 0.0708. The molecule has 0 aromatic heterocycles. The van der Waals surface area contributed by atoms with Gasteiger partial charge in [-0.25, -0.2) is 28.8 Å². The second-order valence-electron chi connectivity index (χ2n) is 13.2. The number of benzene rings is 2. The first-order chi connectivity index (χ1) is 31.8. The highest BCUT2D eigenvalue weighted by atomic mass is 16.6. The molecule has 0 bridgehead atoms. The van der Waals surface area contributed by atoms with Gasteiger partial charge in [0.1, 0.15) is 39.6 Å². The highest BCUT2D eigenvalue weighted by Crippen LogP contribution is 2.39. The first-order valence-corrected chi connectivity index (χ1v) is 20.7. The molecule has 0 amide bonds. The van der Waals surface area contributed by atoms with Gasteiger partial charge in [0.15, 0.2) is 34.9 Å². The average molecular weight is 939 g/mol. The minimum Gasteiger partial charge on any atom is -0.488 e. The number of aliphatic imine (C=N–C) groups is 2. The number of aliphatic carboxylic acids is 6. The summed E-state index contributed by atoms with van der Waals surface area (Å²) in [4.78, 5) is 63.4. The number of para-hydroxylation sites is 2. The molecule has 0 spiro atoms. The summed E-state index contributed by atoms with van der Waals surface area (Å²) in [6.07, 6.45) is 4.32. The monoisotopic (exact) mass is 938 g/mol. The molecule has 0 unspecified atom stereocenters. The molecule has 4 aliphatic heterocycles. The number of carboxylic acids is 6. The smallest absolute Gasteiger partial charge is 0.414 e. The molecule has 2 aromatic rings.